The molecule has 1 aromatic heterocycles. The molecule has 0 spiro atoms. The smallest absolute Gasteiger partial charge is 0.208 e. The molecule has 0 aliphatic heterocycles. The topological polar surface area (TPSA) is 55.0 Å². The van der Waals surface area contributed by atoms with Crippen LogP contribution in [0.2, 0.25) is 0 Å². The number of benzene rings is 1. The zero-order valence-electron chi connectivity index (χ0n) is 10.8. The molecule has 0 aliphatic rings. The molecule has 0 fully saturated rings. The summed E-state index contributed by atoms with van der Waals surface area (Å²) in [5, 5.41) is 8.43. The SMILES string of the molecule is Cn1c(-c2ccc(OCC#N)cc2)[c-]cc(Br)c1=O.[Y]. The Hall–Kier alpha value is -0.956. The van der Waals surface area contributed by atoms with Gasteiger partial charge in [-0.1, -0.05) is 11.3 Å². The molecule has 20 heavy (non-hydrogen) atoms. The summed E-state index contributed by atoms with van der Waals surface area (Å²) < 4.78 is 7.17. The number of pyridine rings is 1. The molecule has 2 aromatic rings. The van der Waals surface area contributed by atoms with E-state index in [9.17, 15) is 4.79 Å². The van der Waals surface area contributed by atoms with Crippen LogP contribution in [0.5, 0.6) is 5.75 Å². The summed E-state index contributed by atoms with van der Waals surface area (Å²) in [6.45, 7) is 0.0161. The number of halogens is 1. The van der Waals surface area contributed by atoms with Crippen LogP contribution in [0.15, 0.2) is 39.6 Å². The molecule has 99 valence electrons. The molecule has 1 heterocycles. The van der Waals surface area contributed by atoms with Crippen LogP contribution in [0.25, 0.3) is 11.3 Å². The molecule has 0 saturated carbocycles. The molecule has 0 saturated heterocycles. The maximum atomic E-state index is 11.8. The van der Waals surface area contributed by atoms with Gasteiger partial charge in [-0.3, -0.25) is 4.79 Å². The second-order valence-electron chi connectivity index (χ2n) is 3.82. The van der Waals surface area contributed by atoms with Crippen LogP contribution in [-0.4, -0.2) is 11.2 Å². The third-order valence-electron chi connectivity index (χ3n) is 2.61. The van der Waals surface area contributed by atoms with E-state index in [4.69, 9.17) is 10.00 Å². The molecule has 0 aliphatic carbocycles. The summed E-state index contributed by atoms with van der Waals surface area (Å²) in [6, 6.07) is 13.7. The number of aromatic nitrogens is 1. The van der Waals surface area contributed by atoms with Crippen LogP contribution in [0.1, 0.15) is 0 Å². The Balaban J connectivity index is 0.00000200. The summed E-state index contributed by atoms with van der Waals surface area (Å²) >= 11 is 3.18. The normalized spacial score (nSPS) is 9.45. The zero-order chi connectivity index (χ0) is 13.8. The summed E-state index contributed by atoms with van der Waals surface area (Å²) in [4.78, 5) is 11.8. The number of ether oxygens (including phenoxy) is 1. The molecule has 1 aromatic carbocycles. The molecule has 2 rings (SSSR count). The largest absolute Gasteiger partial charge is 0.479 e. The van der Waals surface area contributed by atoms with E-state index in [0.29, 0.717) is 15.9 Å². The standard InChI is InChI=1S/C14H10BrN2O2.Y/c1-17-13(7-6-12(15)14(17)18)10-2-4-11(5-3-10)19-9-8-16;/h2-6H,9H2,1H3;/q-1;. The monoisotopic (exact) mass is 406 g/mol. The molecule has 4 nitrogen and oxygen atoms in total. The van der Waals surface area contributed by atoms with Gasteiger partial charge < -0.3 is 9.30 Å². The Kier molecular flexibility index (Phi) is 6.61. The number of hydrogen-bond acceptors (Lipinski definition) is 3. The predicted octanol–water partition coefficient (Wildman–Crippen LogP) is 2.51. The van der Waals surface area contributed by atoms with E-state index in [1.165, 1.54) is 4.57 Å². The van der Waals surface area contributed by atoms with Crippen LogP contribution in [-0.2, 0) is 39.8 Å². The third-order valence-corrected chi connectivity index (χ3v) is 3.18. The molecular formula is C14H10BrN2O2Y-. The van der Waals surface area contributed by atoms with Crippen molar-refractivity contribution in [3.05, 3.63) is 51.2 Å². The van der Waals surface area contributed by atoms with E-state index < -0.39 is 0 Å². The van der Waals surface area contributed by atoms with Crippen LogP contribution in [0.4, 0.5) is 0 Å². The Morgan fingerprint density at radius 3 is 2.65 bits per heavy atom. The second-order valence-corrected chi connectivity index (χ2v) is 4.67. The minimum atomic E-state index is -0.112. The minimum Gasteiger partial charge on any atom is -0.479 e. The van der Waals surface area contributed by atoms with Crippen molar-refractivity contribution in [2.45, 2.75) is 0 Å². The van der Waals surface area contributed by atoms with Crippen LogP contribution in [0.3, 0.4) is 0 Å². The van der Waals surface area contributed by atoms with Gasteiger partial charge in [-0.2, -0.15) is 17.4 Å². The maximum absolute atomic E-state index is 11.8. The van der Waals surface area contributed by atoms with Crippen molar-refractivity contribution in [3.8, 4) is 23.1 Å². The number of nitrogens with zero attached hydrogens (tertiary/aromatic N) is 2. The molecule has 1 radical (unpaired) electrons. The molecule has 0 atom stereocenters. The summed E-state index contributed by atoms with van der Waals surface area (Å²) in [5.41, 5.74) is 1.44. The average molecular weight is 407 g/mol. The third kappa shape index (κ3) is 3.79. The minimum absolute atomic E-state index is 0. The van der Waals surface area contributed by atoms with Crippen molar-refractivity contribution in [3.63, 3.8) is 0 Å². The van der Waals surface area contributed by atoms with Gasteiger partial charge in [-0.15, -0.1) is 28.1 Å². The summed E-state index contributed by atoms with van der Waals surface area (Å²) in [7, 11) is 1.69. The van der Waals surface area contributed by atoms with Crippen molar-refractivity contribution in [2.24, 2.45) is 7.05 Å². The van der Waals surface area contributed by atoms with Gasteiger partial charge in [-0.05, 0) is 16.6 Å². The van der Waals surface area contributed by atoms with Gasteiger partial charge in [0.1, 0.15) is 11.8 Å². The van der Waals surface area contributed by atoms with Crippen LogP contribution >= 0.6 is 15.9 Å². The van der Waals surface area contributed by atoms with Crippen LogP contribution < -0.4 is 10.3 Å². The first-order chi connectivity index (χ1) is 9.13. The molecule has 0 amide bonds. The zero-order valence-corrected chi connectivity index (χ0v) is 15.2. The fraction of sp³-hybridized carbons (Fsp3) is 0.143. The van der Waals surface area contributed by atoms with Gasteiger partial charge in [0.15, 0.2) is 6.61 Å². The first-order valence-electron chi connectivity index (χ1n) is 5.51. The summed E-state index contributed by atoms with van der Waals surface area (Å²) in [5.74, 6) is 0.618. The maximum Gasteiger partial charge on any atom is 0.208 e. The van der Waals surface area contributed by atoms with E-state index in [1.54, 1.807) is 25.2 Å². The number of nitriles is 1. The van der Waals surface area contributed by atoms with Crippen molar-refractivity contribution in [1.82, 2.24) is 4.57 Å². The van der Waals surface area contributed by atoms with E-state index in [2.05, 4.69) is 22.0 Å². The second kappa shape index (κ2) is 7.73. The Morgan fingerprint density at radius 2 is 2.05 bits per heavy atom. The van der Waals surface area contributed by atoms with Gasteiger partial charge in [-0.25, -0.2) is 0 Å². The van der Waals surface area contributed by atoms with E-state index in [0.717, 1.165) is 5.56 Å². The van der Waals surface area contributed by atoms with Gasteiger partial charge >= 0.3 is 0 Å². The van der Waals surface area contributed by atoms with E-state index >= 15 is 0 Å². The average Bonchev–Trinajstić information content (AvgIpc) is 2.44. The Labute approximate surface area is 150 Å². The molecule has 0 bridgehead atoms. The molecular weight excluding hydrogens is 397 g/mol. The predicted molar refractivity (Wildman–Crippen MR) is 74.8 cm³/mol. The van der Waals surface area contributed by atoms with Crippen LogP contribution in [0, 0.1) is 17.4 Å². The Morgan fingerprint density at radius 1 is 1.40 bits per heavy atom. The van der Waals surface area contributed by atoms with Crippen molar-refractivity contribution >= 4 is 15.9 Å². The number of rotatable bonds is 3. The first kappa shape index (κ1) is 17.1. The van der Waals surface area contributed by atoms with Gasteiger partial charge in [0.05, 0.1) is 0 Å². The fourth-order valence-corrected chi connectivity index (χ4v) is 2.03. The van der Waals surface area contributed by atoms with Crippen molar-refractivity contribution in [1.29, 1.82) is 5.26 Å². The fourth-order valence-electron chi connectivity index (χ4n) is 1.65. The Bertz CT molecular complexity index is 690. The van der Waals surface area contributed by atoms with E-state index in [-0.39, 0.29) is 44.9 Å². The van der Waals surface area contributed by atoms with Crippen molar-refractivity contribution in [2.75, 3.05) is 6.61 Å². The quantitative estimate of drug-likeness (QED) is 0.736. The van der Waals surface area contributed by atoms with Crippen molar-refractivity contribution < 1.29 is 37.4 Å². The summed E-state index contributed by atoms with van der Waals surface area (Å²) in [6.07, 6.45) is 0. The van der Waals surface area contributed by atoms with Gasteiger partial charge in [0.2, 0.25) is 5.56 Å². The van der Waals surface area contributed by atoms with Gasteiger partial charge in [0, 0.05) is 39.8 Å². The number of hydrogen-bond donors (Lipinski definition) is 0. The molecule has 0 N–H and O–H groups in total. The molecule has 6 heteroatoms. The first-order valence-corrected chi connectivity index (χ1v) is 6.30. The van der Waals surface area contributed by atoms with E-state index in [1.807, 2.05) is 18.2 Å². The van der Waals surface area contributed by atoms with Gasteiger partial charge in [0.25, 0.3) is 0 Å². The molecule has 0 unspecified atom stereocenters.